The van der Waals surface area contributed by atoms with Gasteiger partial charge in [0.25, 0.3) is 0 Å². The number of rotatable bonds is 6. The van der Waals surface area contributed by atoms with Crippen LogP contribution in [0.2, 0.25) is 0 Å². The third-order valence-corrected chi connectivity index (χ3v) is 3.60. The van der Waals surface area contributed by atoms with Crippen LogP contribution in [-0.2, 0) is 10.3 Å². The zero-order chi connectivity index (χ0) is 14.5. The number of nitrogens with zero attached hydrogens (tertiary/aromatic N) is 2. The molecule has 0 saturated carbocycles. The van der Waals surface area contributed by atoms with Gasteiger partial charge in [-0.1, -0.05) is 11.8 Å². The van der Waals surface area contributed by atoms with Crippen LogP contribution in [0.5, 0.6) is 0 Å². The Morgan fingerprint density at radius 3 is 2.84 bits per heavy atom. The Morgan fingerprint density at radius 2 is 2.26 bits per heavy atom. The van der Waals surface area contributed by atoms with Crippen molar-refractivity contribution in [2.45, 2.75) is 50.9 Å². The molecule has 1 aromatic rings. The summed E-state index contributed by atoms with van der Waals surface area (Å²) in [6, 6.07) is 0.000427. The fraction of sp³-hybridized carbons (Fsp3) is 0.692. The zero-order valence-corrected chi connectivity index (χ0v) is 12.8. The number of aliphatic hydroxyl groups excluding tert-OH is 1. The predicted molar refractivity (Wildman–Crippen MR) is 77.3 cm³/mol. The van der Waals surface area contributed by atoms with Gasteiger partial charge in [-0.3, -0.25) is 4.79 Å². The lowest BCUT2D eigenvalue weighted by atomic mass is 10.1. The van der Waals surface area contributed by atoms with Gasteiger partial charge < -0.3 is 15.0 Å². The Morgan fingerprint density at radius 1 is 1.58 bits per heavy atom. The normalized spacial score (nSPS) is 13.3. The number of aromatic nitrogens is 2. The minimum absolute atomic E-state index is 0.000427. The van der Waals surface area contributed by atoms with Crippen LogP contribution in [0.15, 0.2) is 17.6 Å². The molecular formula is C13H23N3O2S. The summed E-state index contributed by atoms with van der Waals surface area (Å²) < 4.78 is 2.06. The maximum Gasteiger partial charge on any atom is 0.230 e. The Balaban J connectivity index is 2.49. The summed E-state index contributed by atoms with van der Waals surface area (Å²) in [6.07, 6.45) is 4.25. The Kier molecular flexibility index (Phi) is 5.87. The van der Waals surface area contributed by atoms with Crippen molar-refractivity contribution in [3.05, 3.63) is 12.4 Å². The minimum Gasteiger partial charge on any atom is -0.396 e. The standard InChI is InChI=1S/C13H23N3O2S/c1-10(5-8-17)15-11(18)9-19-12-14-6-7-16(12)13(2,3)4/h6-7,10,17H,5,8-9H2,1-4H3,(H,15,18). The van der Waals surface area contributed by atoms with E-state index in [1.165, 1.54) is 11.8 Å². The SMILES string of the molecule is CC(CCO)NC(=O)CSc1nccn1C(C)(C)C. The lowest BCUT2D eigenvalue weighted by Gasteiger charge is -2.23. The molecule has 0 spiro atoms. The summed E-state index contributed by atoms with van der Waals surface area (Å²) in [5, 5.41) is 12.5. The summed E-state index contributed by atoms with van der Waals surface area (Å²) in [4.78, 5) is 16.0. The van der Waals surface area contributed by atoms with Gasteiger partial charge in [0.15, 0.2) is 5.16 Å². The molecular weight excluding hydrogens is 262 g/mol. The topological polar surface area (TPSA) is 67.2 Å². The van der Waals surface area contributed by atoms with Gasteiger partial charge in [0, 0.05) is 30.6 Å². The van der Waals surface area contributed by atoms with E-state index in [2.05, 4.69) is 35.6 Å². The van der Waals surface area contributed by atoms with Gasteiger partial charge in [0.2, 0.25) is 5.91 Å². The second-order valence-electron chi connectivity index (χ2n) is 5.52. The van der Waals surface area contributed by atoms with Gasteiger partial charge in [0.1, 0.15) is 0 Å². The van der Waals surface area contributed by atoms with Crippen LogP contribution in [0, 0.1) is 0 Å². The van der Waals surface area contributed by atoms with Gasteiger partial charge in [-0.05, 0) is 34.1 Å². The average Bonchev–Trinajstić information content (AvgIpc) is 2.74. The second kappa shape index (κ2) is 6.96. The van der Waals surface area contributed by atoms with E-state index in [1.54, 1.807) is 6.20 Å². The molecule has 0 aromatic carbocycles. The van der Waals surface area contributed by atoms with E-state index in [-0.39, 0.29) is 24.1 Å². The maximum absolute atomic E-state index is 11.7. The van der Waals surface area contributed by atoms with Gasteiger partial charge in [-0.25, -0.2) is 4.98 Å². The van der Waals surface area contributed by atoms with Gasteiger partial charge in [0.05, 0.1) is 5.75 Å². The van der Waals surface area contributed by atoms with Crippen molar-refractivity contribution < 1.29 is 9.90 Å². The molecule has 0 aliphatic carbocycles. The number of thioether (sulfide) groups is 1. The first-order valence-electron chi connectivity index (χ1n) is 6.41. The third-order valence-electron chi connectivity index (χ3n) is 2.63. The summed E-state index contributed by atoms with van der Waals surface area (Å²) in [5.74, 6) is 0.303. The van der Waals surface area contributed by atoms with Crippen molar-refractivity contribution in [3.63, 3.8) is 0 Å². The van der Waals surface area contributed by atoms with Crippen molar-refractivity contribution in [3.8, 4) is 0 Å². The highest BCUT2D eigenvalue weighted by molar-refractivity contribution is 7.99. The molecule has 5 nitrogen and oxygen atoms in total. The maximum atomic E-state index is 11.7. The van der Waals surface area contributed by atoms with Crippen molar-refractivity contribution >= 4 is 17.7 Å². The number of carbonyl (C=O) groups excluding carboxylic acids is 1. The zero-order valence-electron chi connectivity index (χ0n) is 12.0. The molecule has 0 saturated heterocycles. The quantitative estimate of drug-likeness (QED) is 0.779. The molecule has 0 radical (unpaired) electrons. The van der Waals surface area contributed by atoms with E-state index in [1.807, 2.05) is 13.1 Å². The summed E-state index contributed by atoms with van der Waals surface area (Å²) in [7, 11) is 0. The fourth-order valence-electron chi connectivity index (χ4n) is 1.62. The number of carbonyl (C=O) groups is 1. The number of nitrogens with one attached hydrogen (secondary N) is 1. The van der Waals surface area contributed by atoms with Gasteiger partial charge in [-0.2, -0.15) is 0 Å². The average molecular weight is 285 g/mol. The van der Waals surface area contributed by atoms with Crippen molar-refractivity contribution in [1.82, 2.24) is 14.9 Å². The van der Waals surface area contributed by atoms with E-state index >= 15 is 0 Å². The fourth-order valence-corrected chi connectivity index (χ4v) is 2.57. The Hall–Kier alpha value is -1.01. The lowest BCUT2D eigenvalue weighted by Crippen LogP contribution is -2.34. The van der Waals surface area contributed by atoms with Crippen LogP contribution in [0.3, 0.4) is 0 Å². The van der Waals surface area contributed by atoms with Gasteiger partial charge >= 0.3 is 0 Å². The Bertz CT molecular complexity index is 412. The molecule has 1 heterocycles. The van der Waals surface area contributed by atoms with Crippen molar-refractivity contribution in [1.29, 1.82) is 0 Å². The minimum atomic E-state index is -0.0422. The van der Waals surface area contributed by atoms with Crippen LogP contribution in [-0.4, -0.2) is 39.0 Å². The molecule has 0 bridgehead atoms. The van der Waals surface area contributed by atoms with Crippen LogP contribution < -0.4 is 5.32 Å². The number of amides is 1. The summed E-state index contributed by atoms with van der Waals surface area (Å²) >= 11 is 1.43. The first-order valence-corrected chi connectivity index (χ1v) is 7.40. The van der Waals surface area contributed by atoms with Crippen LogP contribution in [0.4, 0.5) is 0 Å². The molecule has 1 aromatic heterocycles. The van der Waals surface area contributed by atoms with Crippen molar-refractivity contribution in [2.75, 3.05) is 12.4 Å². The molecule has 0 aliphatic rings. The molecule has 1 rings (SSSR count). The largest absolute Gasteiger partial charge is 0.396 e. The van der Waals surface area contributed by atoms with E-state index in [0.29, 0.717) is 12.2 Å². The van der Waals surface area contributed by atoms with Gasteiger partial charge in [-0.15, -0.1) is 0 Å². The first-order chi connectivity index (χ1) is 8.84. The number of imidazole rings is 1. The first kappa shape index (κ1) is 16.0. The Labute approximate surface area is 118 Å². The number of hydrogen-bond acceptors (Lipinski definition) is 4. The van der Waals surface area contributed by atoms with Crippen LogP contribution >= 0.6 is 11.8 Å². The van der Waals surface area contributed by atoms with E-state index in [0.717, 1.165) is 5.16 Å². The molecule has 1 unspecified atom stereocenters. The highest BCUT2D eigenvalue weighted by Gasteiger charge is 2.17. The van der Waals surface area contributed by atoms with E-state index < -0.39 is 0 Å². The van der Waals surface area contributed by atoms with Crippen molar-refractivity contribution in [2.24, 2.45) is 0 Å². The molecule has 19 heavy (non-hydrogen) atoms. The molecule has 6 heteroatoms. The van der Waals surface area contributed by atoms with E-state index in [4.69, 9.17) is 5.11 Å². The molecule has 2 N–H and O–H groups in total. The van der Waals surface area contributed by atoms with Crippen LogP contribution in [0.1, 0.15) is 34.1 Å². The highest BCUT2D eigenvalue weighted by Crippen LogP contribution is 2.23. The molecule has 1 amide bonds. The molecule has 1 atom stereocenters. The van der Waals surface area contributed by atoms with Crippen LogP contribution in [0.25, 0.3) is 0 Å². The highest BCUT2D eigenvalue weighted by atomic mass is 32.2. The number of hydrogen-bond donors (Lipinski definition) is 2. The summed E-state index contributed by atoms with van der Waals surface area (Å²) in [5.41, 5.74) is -0.0422. The monoisotopic (exact) mass is 285 g/mol. The smallest absolute Gasteiger partial charge is 0.230 e. The summed E-state index contributed by atoms with van der Waals surface area (Å²) in [6.45, 7) is 8.27. The third kappa shape index (κ3) is 5.24. The lowest BCUT2D eigenvalue weighted by molar-refractivity contribution is -0.119. The van der Waals surface area contributed by atoms with E-state index in [9.17, 15) is 4.79 Å². The number of aliphatic hydroxyl groups is 1. The molecule has 0 fully saturated rings. The predicted octanol–water partition coefficient (Wildman–Crippen LogP) is 1.62. The molecule has 108 valence electrons. The molecule has 0 aliphatic heterocycles. The second-order valence-corrected chi connectivity index (χ2v) is 6.46.